The summed E-state index contributed by atoms with van der Waals surface area (Å²) in [4.78, 5) is 6.52. The predicted octanol–water partition coefficient (Wildman–Crippen LogP) is 1.85. The molecule has 1 aromatic heterocycles. The average molecular weight is 230 g/mol. The van der Waals surface area contributed by atoms with E-state index in [1.165, 1.54) is 25.9 Å². The van der Waals surface area contributed by atoms with Gasteiger partial charge in [0.2, 0.25) is 0 Å². The Morgan fingerprint density at radius 3 is 3.00 bits per heavy atom. The zero-order chi connectivity index (χ0) is 11.9. The second-order valence-electron chi connectivity index (χ2n) is 4.34. The molecule has 0 amide bonds. The molecule has 0 aromatic carbocycles. The van der Waals surface area contributed by atoms with Crippen LogP contribution >= 0.6 is 0 Å². The van der Waals surface area contributed by atoms with Crippen molar-refractivity contribution in [3.05, 3.63) is 24.0 Å². The molecule has 1 fully saturated rings. The summed E-state index contributed by atoms with van der Waals surface area (Å²) >= 11 is 0. The van der Waals surface area contributed by atoms with Crippen molar-refractivity contribution < 1.29 is 0 Å². The van der Waals surface area contributed by atoms with Gasteiger partial charge in [0, 0.05) is 12.7 Å². The van der Waals surface area contributed by atoms with Crippen LogP contribution in [0.25, 0.3) is 0 Å². The van der Waals surface area contributed by atoms with E-state index in [-0.39, 0.29) is 0 Å². The minimum absolute atomic E-state index is 0.480. The van der Waals surface area contributed by atoms with E-state index in [9.17, 15) is 0 Å². The Bertz CT molecular complexity index is 391. The van der Waals surface area contributed by atoms with Crippen molar-refractivity contribution in [1.82, 2.24) is 9.88 Å². The fourth-order valence-electron chi connectivity index (χ4n) is 2.17. The summed E-state index contributed by atoms with van der Waals surface area (Å²) in [5.41, 5.74) is 1.32. The molecule has 4 heteroatoms. The Kier molecular flexibility index (Phi) is 4.34. The molecule has 0 unspecified atom stereocenters. The van der Waals surface area contributed by atoms with Gasteiger partial charge in [0.1, 0.15) is 6.07 Å². The second kappa shape index (κ2) is 6.21. The van der Waals surface area contributed by atoms with E-state index >= 15 is 0 Å². The second-order valence-corrected chi connectivity index (χ2v) is 4.34. The van der Waals surface area contributed by atoms with E-state index in [1.807, 2.05) is 12.1 Å². The summed E-state index contributed by atoms with van der Waals surface area (Å²) in [5.74, 6) is 0. The lowest BCUT2D eigenvalue weighted by Gasteiger charge is -2.14. The van der Waals surface area contributed by atoms with E-state index in [4.69, 9.17) is 5.26 Å². The number of nitriles is 1. The lowest BCUT2D eigenvalue weighted by molar-refractivity contribution is 0.337. The fourth-order valence-corrected chi connectivity index (χ4v) is 2.17. The lowest BCUT2D eigenvalue weighted by Crippen LogP contribution is -2.22. The molecule has 1 N–H and O–H groups in total. The number of anilines is 1. The van der Waals surface area contributed by atoms with Gasteiger partial charge in [-0.15, -0.1) is 0 Å². The smallest absolute Gasteiger partial charge is 0.163 e. The molecule has 1 aliphatic rings. The van der Waals surface area contributed by atoms with E-state index in [0.717, 1.165) is 25.2 Å². The molecular weight excluding hydrogens is 212 g/mol. The summed E-state index contributed by atoms with van der Waals surface area (Å²) in [7, 11) is 0. The average Bonchev–Trinajstić information content (AvgIpc) is 2.88. The van der Waals surface area contributed by atoms with Crippen molar-refractivity contribution in [3.8, 4) is 6.07 Å². The molecule has 1 aliphatic heterocycles. The molecule has 17 heavy (non-hydrogen) atoms. The van der Waals surface area contributed by atoms with Crippen molar-refractivity contribution in [2.75, 3.05) is 31.5 Å². The summed E-state index contributed by atoms with van der Waals surface area (Å²) in [6.07, 6.45) is 5.44. The van der Waals surface area contributed by atoms with Gasteiger partial charge < -0.3 is 10.2 Å². The van der Waals surface area contributed by atoms with Gasteiger partial charge in [-0.1, -0.05) is 0 Å². The first-order chi connectivity index (χ1) is 8.40. The van der Waals surface area contributed by atoms with Gasteiger partial charge in [0.05, 0.1) is 5.69 Å². The van der Waals surface area contributed by atoms with Crippen molar-refractivity contribution in [2.45, 2.75) is 19.3 Å². The van der Waals surface area contributed by atoms with E-state index in [0.29, 0.717) is 5.69 Å². The Labute approximate surface area is 102 Å². The molecule has 0 aliphatic carbocycles. The molecular formula is C13H18N4. The number of rotatable bonds is 5. The van der Waals surface area contributed by atoms with Gasteiger partial charge in [-0.3, -0.25) is 0 Å². The summed E-state index contributed by atoms with van der Waals surface area (Å²) in [6, 6.07) is 5.85. The minimum Gasteiger partial charge on any atom is -0.383 e. The Morgan fingerprint density at radius 2 is 2.24 bits per heavy atom. The summed E-state index contributed by atoms with van der Waals surface area (Å²) in [5, 5.41) is 12.2. The fraction of sp³-hybridized carbons (Fsp3) is 0.538. The van der Waals surface area contributed by atoms with Gasteiger partial charge >= 0.3 is 0 Å². The van der Waals surface area contributed by atoms with Crippen LogP contribution in [0.1, 0.15) is 25.0 Å². The first kappa shape index (κ1) is 11.9. The Morgan fingerprint density at radius 1 is 1.41 bits per heavy atom. The van der Waals surface area contributed by atoms with E-state index in [2.05, 4.69) is 21.3 Å². The zero-order valence-electron chi connectivity index (χ0n) is 10.0. The molecule has 90 valence electrons. The molecule has 1 aromatic rings. The molecule has 0 bridgehead atoms. The monoisotopic (exact) mass is 230 g/mol. The third kappa shape index (κ3) is 3.43. The van der Waals surface area contributed by atoms with E-state index < -0.39 is 0 Å². The highest BCUT2D eigenvalue weighted by molar-refractivity contribution is 5.53. The lowest BCUT2D eigenvalue weighted by atomic mass is 10.3. The molecule has 2 rings (SSSR count). The number of likely N-dealkylation sites (tertiary alicyclic amines) is 1. The maximum atomic E-state index is 8.89. The number of hydrogen-bond donors (Lipinski definition) is 1. The molecule has 1 saturated heterocycles. The van der Waals surface area contributed by atoms with Gasteiger partial charge in [0.25, 0.3) is 0 Å². The quantitative estimate of drug-likeness (QED) is 0.784. The van der Waals surface area contributed by atoms with Crippen LogP contribution in [0, 0.1) is 11.3 Å². The van der Waals surface area contributed by atoms with E-state index in [1.54, 1.807) is 6.20 Å². The molecule has 0 saturated carbocycles. The summed E-state index contributed by atoms with van der Waals surface area (Å²) in [6.45, 7) is 4.54. The number of nitrogens with one attached hydrogen (secondary N) is 1. The van der Waals surface area contributed by atoms with Gasteiger partial charge in [-0.25, -0.2) is 4.98 Å². The van der Waals surface area contributed by atoms with Crippen molar-refractivity contribution >= 4 is 5.69 Å². The van der Waals surface area contributed by atoms with Crippen LogP contribution < -0.4 is 5.32 Å². The van der Waals surface area contributed by atoms with Crippen LogP contribution in [0.15, 0.2) is 18.3 Å². The molecule has 4 nitrogen and oxygen atoms in total. The first-order valence-corrected chi connectivity index (χ1v) is 6.21. The van der Waals surface area contributed by atoms with Crippen LogP contribution in [0.4, 0.5) is 5.69 Å². The van der Waals surface area contributed by atoms with Crippen molar-refractivity contribution in [3.63, 3.8) is 0 Å². The van der Waals surface area contributed by atoms with Gasteiger partial charge in [0.15, 0.2) is 5.69 Å². The van der Waals surface area contributed by atoms with Crippen molar-refractivity contribution in [1.29, 1.82) is 5.26 Å². The largest absolute Gasteiger partial charge is 0.383 e. The van der Waals surface area contributed by atoms with Crippen LogP contribution in [-0.4, -0.2) is 36.1 Å². The summed E-state index contributed by atoms with van der Waals surface area (Å²) < 4.78 is 0. The third-order valence-electron chi connectivity index (χ3n) is 3.08. The zero-order valence-corrected chi connectivity index (χ0v) is 10.0. The Balaban J connectivity index is 1.72. The van der Waals surface area contributed by atoms with Gasteiger partial charge in [-0.2, -0.15) is 5.26 Å². The normalized spacial score (nSPS) is 15.7. The standard InChI is InChI=1S/C13H18N4/c14-11-13-12(5-3-6-16-13)15-7-4-10-17-8-1-2-9-17/h3,5-6,15H,1-2,4,7-10H2. The maximum Gasteiger partial charge on any atom is 0.163 e. The predicted molar refractivity (Wildman–Crippen MR) is 67.7 cm³/mol. The maximum absolute atomic E-state index is 8.89. The number of pyridine rings is 1. The highest BCUT2D eigenvalue weighted by Crippen LogP contribution is 2.11. The molecule has 0 radical (unpaired) electrons. The SMILES string of the molecule is N#Cc1ncccc1NCCCN1CCCC1. The van der Waals surface area contributed by atoms with Gasteiger partial charge in [-0.05, 0) is 51.0 Å². The number of aromatic nitrogens is 1. The highest BCUT2D eigenvalue weighted by Gasteiger charge is 2.10. The number of hydrogen-bond acceptors (Lipinski definition) is 4. The van der Waals surface area contributed by atoms with Crippen molar-refractivity contribution in [2.24, 2.45) is 0 Å². The minimum atomic E-state index is 0.480. The van der Waals surface area contributed by atoms with Crippen LogP contribution in [-0.2, 0) is 0 Å². The molecule has 2 heterocycles. The van der Waals surface area contributed by atoms with Crippen LogP contribution in [0.2, 0.25) is 0 Å². The Hall–Kier alpha value is -1.60. The first-order valence-electron chi connectivity index (χ1n) is 6.21. The third-order valence-corrected chi connectivity index (χ3v) is 3.08. The molecule has 0 spiro atoms. The van der Waals surface area contributed by atoms with Crippen LogP contribution in [0.3, 0.4) is 0 Å². The van der Waals surface area contributed by atoms with Crippen LogP contribution in [0.5, 0.6) is 0 Å². The number of nitrogens with zero attached hydrogens (tertiary/aromatic N) is 3. The highest BCUT2D eigenvalue weighted by atomic mass is 15.1. The molecule has 0 atom stereocenters. The topological polar surface area (TPSA) is 52.0 Å².